The fraction of sp³-hybridized carbons (Fsp3) is 0.654. The van der Waals surface area contributed by atoms with Gasteiger partial charge in [-0.15, -0.1) is 0 Å². The summed E-state index contributed by atoms with van der Waals surface area (Å²) in [5.41, 5.74) is 2.02. The second-order valence-electron chi connectivity index (χ2n) is 8.05. The van der Waals surface area contributed by atoms with Crippen LogP contribution in [0.15, 0.2) is 36.4 Å². The zero-order chi connectivity index (χ0) is 21.0. The molecule has 2 nitrogen and oxygen atoms in total. The fourth-order valence-corrected chi connectivity index (χ4v) is 3.74. The van der Waals surface area contributed by atoms with Gasteiger partial charge in [0.05, 0.1) is 0 Å². The van der Waals surface area contributed by atoms with Gasteiger partial charge in [-0.25, -0.2) is 0 Å². The lowest BCUT2D eigenvalue weighted by Gasteiger charge is -2.10. The van der Waals surface area contributed by atoms with E-state index in [1.165, 1.54) is 89.9 Å². The van der Waals surface area contributed by atoms with Gasteiger partial charge in [-0.3, -0.25) is 4.79 Å². The van der Waals surface area contributed by atoms with E-state index in [9.17, 15) is 4.79 Å². The monoisotopic (exact) mass is 419 g/mol. The molecule has 0 aliphatic heterocycles. The Morgan fingerprint density at radius 3 is 2.00 bits per heavy atom. The van der Waals surface area contributed by atoms with Gasteiger partial charge in [-0.05, 0) is 55.3 Å². The highest BCUT2D eigenvalue weighted by Crippen LogP contribution is 2.17. The van der Waals surface area contributed by atoms with Crippen LogP contribution in [-0.2, 0) is 11.2 Å². The molecule has 1 aromatic rings. The van der Waals surface area contributed by atoms with Gasteiger partial charge < -0.3 is 5.32 Å². The van der Waals surface area contributed by atoms with Crippen LogP contribution in [-0.4, -0.2) is 11.8 Å². The van der Waals surface area contributed by atoms with E-state index in [1.807, 2.05) is 24.3 Å². The minimum absolute atomic E-state index is 0.290. The van der Waals surface area contributed by atoms with Crippen LogP contribution < -0.4 is 5.32 Å². The number of nitrogens with one attached hydrogen (secondary N) is 1. The van der Waals surface area contributed by atoms with E-state index in [4.69, 9.17) is 11.6 Å². The van der Waals surface area contributed by atoms with Crippen molar-refractivity contribution in [2.45, 2.75) is 103 Å². The third-order valence-electron chi connectivity index (χ3n) is 5.35. The van der Waals surface area contributed by atoms with Gasteiger partial charge >= 0.3 is 0 Å². The van der Waals surface area contributed by atoms with Crippen LogP contribution >= 0.6 is 11.6 Å². The van der Waals surface area contributed by atoms with E-state index in [0.717, 1.165) is 17.8 Å². The van der Waals surface area contributed by atoms with E-state index in [0.29, 0.717) is 0 Å². The first kappa shape index (κ1) is 25.8. The summed E-state index contributed by atoms with van der Waals surface area (Å²) in [4.78, 5) is 11.1. The minimum atomic E-state index is -0.309. The summed E-state index contributed by atoms with van der Waals surface area (Å²) in [5.74, 6) is 0. The molecule has 0 fully saturated rings. The third kappa shape index (κ3) is 15.3. The average Bonchev–Trinajstić information content (AvgIpc) is 2.71. The van der Waals surface area contributed by atoms with Gasteiger partial charge in [0.15, 0.2) is 0 Å². The second-order valence-corrected chi connectivity index (χ2v) is 8.48. The standard InChI is InChI=1S/C26H42ClNO/c1-2-3-4-5-6-7-8-9-10-11-12-13-14-15-16-19-22-28-25-21-18-17-20-24(25)23-26(27)29/h9-10,17-18,20-21,28H,2-8,11-16,19,22-23H2,1H3. The molecular formula is C26H42ClNO. The Labute approximate surface area is 184 Å². The van der Waals surface area contributed by atoms with E-state index >= 15 is 0 Å². The van der Waals surface area contributed by atoms with Crippen molar-refractivity contribution < 1.29 is 4.79 Å². The molecule has 1 N–H and O–H groups in total. The van der Waals surface area contributed by atoms with Gasteiger partial charge in [0, 0.05) is 18.7 Å². The summed E-state index contributed by atoms with van der Waals surface area (Å²) in [5, 5.41) is 3.14. The normalized spacial score (nSPS) is 11.2. The van der Waals surface area contributed by atoms with Crippen molar-refractivity contribution in [2.75, 3.05) is 11.9 Å². The molecule has 0 saturated heterocycles. The predicted molar refractivity (Wildman–Crippen MR) is 129 cm³/mol. The number of para-hydroxylation sites is 1. The maximum Gasteiger partial charge on any atom is 0.226 e. The highest BCUT2D eigenvalue weighted by molar-refractivity contribution is 6.63. The maximum absolute atomic E-state index is 11.1. The van der Waals surface area contributed by atoms with Crippen molar-refractivity contribution in [2.24, 2.45) is 0 Å². The van der Waals surface area contributed by atoms with Gasteiger partial charge in [0.2, 0.25) is 5.24 Å². The number of carbonyl (C=O) groups excluding carboxylic acids is 1. The first-order valence-corrected chi connectivity index (χ1v) is 12.3. The van der Waals surface area contributed by atoms with Crippen molar-refractivity contribution in [3.63, 3.8) is 0 Å². The van der Waals surface area contributed by atoms with Crippen molar-refractivity contribution in [1.29, 1.82) is 0 Å². The zero-order valence-electron chi connectivity index (χ0n) is 18.6. The first-order chi connectivity index (χ1) is 14.2. The number of anilines is 1. The molecule has 0 heterocycles. The van der Waals surface area contributed by atoms with Crippen molar-refractivity contribution in [3.8, 4) is 0 Å². The first-order valence-electron chi connectivity index (χ1n) is 11.9. The molecule has 29 heavy (non-hydrogen) atoms. The van der Waals surface area contributed by atoms with Crippen molar-refractivity contribution in [1.82, 2.24) is 0 Å². The Balaban J connectivity index is 1.90. The van der Waals surface area contributed by atoms with Crippen LogP contribution in [0.1, 0.15) is 102 Å². The van der Waals surface area contributed by atoms with Crippen LogP contribution in [0.3, 0.4) is 0 Å². The maximum atomic E-state index is 11.1. The van der Waals surface area contributed by atoms with Gasteiger partial charge in [-0.1, -0.05) is 95.1 Å². The summed E-state index contributed by atoms with van der Waals surface area (Å²) in [7, 11) is 0. The van der Waals surface area contributed by atoms with Crippen molar-refractivity contribution >= 4 is 22.5 Å². The number of hydrogen-bond donors (Lipinski definition) is 1. The molecule has 0 atom stereocenters. The van der Waals surface area contributed by atoms with Crippen LogP contribution in [0.4, 0.5) is 5.69 Å². The van der Waals surface area contributed by atoms with Crippen molar-refractivity contribution in [3.05, 3.63) is 42.0 Å². The lowest BCUT2D eigenvalue weighted by Crippen LogP contribution is -2.05. The molecule has 1 aromatic carbocycles. The fourth-order valence-electron chi connectivity index (χ4n) is 3.59. The molecule has 0 unspecified atom stereocenters. The number of rotatable bonds is 19. The number of halogens is 1. The summed E-state index contributed by atoms with van der Waals surface area (Å²) >= 11 is 5.52. The highest BCUT2D eigenvalue weighted by atomic mass is 35.5. The Kier molecular flexibility index (Phi) is 16.6. The molecule has 0 aliphatic carbocycles. The van der Waals surface area contributed by atoms with E-state index in [-0.39, 0.29) is 11.7 Å². The van der Waals surface area contributed by atoms with E-state index in [1.54, 1.807) is 0 Å². The summed E-state index contributed by atoms with van der Waals surface area (Å²) in [6, 6.07) is 7.93. The Morgan fingerprint density at radius 1 is 0.828 bits per heavy atom. The lowest BCUT2D eigenvalue weighted by atomic mass is 10.1. The molecule has 0 spiro atoms. The number of carbonyl (C=O) groups is 1. The zero-order valence-corrected chi connectivity index (χ0v) is 19.3. The van der Waals surface area contributed by atoms with Gasteiger partial charge in [0.1, 0.15) is 0 Å². The molecular weight excluding hydrogens is 378 g/mol. The van der Waals surface area contributed by atoms with Crippen LogP contribution in [0, 0.1) is 0 Å². The quantitative estimate of drug-likeness (QED) is 0.138. The summed E-state index contributed by atoms with van der Waals surface area (Å²) in [6.07, 6.45) is 23.6. The average molecular weight is 420 g/mol. The molecule has 0 aromatic heterocycles. The molecule has 3 heteroatoms. The Hall–Kier alpha value is -1.28. The molecule has 0 radical (unpaired) electrons. The Bertz CT molecular complexity index is 555. The summed E-state index contributed by atoms with van der Waals surface area (Å²) < 4.78 is 0. The van der Waals surface area contributed by atoms with Gasteiger partial charge in [0.25, 0.3) is 0 Å². The number of unbranched alkanes of at least 4 members (excludes halogenated alkanes) is 12. The predicted octanol–water partition coefficient (Wildman–Crippen LogP) is 8.44. The van der Waals surface area contributed by atoms with Crippen LogP contribution in [0.2, 0.25) is 0 Å². The SMILES string of the molecule is CCCCCCCCC=CCCCCCCCCNc1ccccc1CC(=O)Cl. The number of allylic oxidation sites excluding steroid dienone is 2. The second kappa shape index (κ2) is 18.7. The molecule has 1 rings (SSSR count). The minimum Gasteiger partial charge on any atom is -0.385 e. The smallest absolute Gasteiger partial charge is 0.226 e. The number of hydrogen-bond acceptors (Lipinski definition) is 2. The van der Waals surface area contributed by atoms with E-state index in [2.05, 4.69) is 24.4 Å². The Morgan fingerprint density at radius 2 is 1.38 bits per heavy atom. The summed E-state index contributed by atoms with van der Waals surface area (Å²) in [6.45, 7) is 3.23. The van der Waals surface area contributed by atoms with Crippen LogP contribution in [0.25, 0.3) is 0 Å². The largest absolute Gasteiger partial charge is 0.385 e. The molecule has 0 saturated carbocycles. The van der Waals surface area contributed by atoms with Crippen LogP contribution in [0.5, 0.6) is 0 Å². The number of benzene rings is 1. The van der Waals surface area contributed by atoms with E-state index < -0.39 is 0 Å². The molecule has 0 amide bonds. The topological polar surface area (TPSA) is 29.1 Å². The molecule has 0 aliphatic rings. The third-order valence-corrected chi connectivity index (χ3v) is 5.48. The molecule has 0 bridgehead atoms. The highest BCUT2D eigenvalue weighted by Gasteiger charge is 2.04. The molecule has 164 valence electrons. The van der Waals surface area contributed by atoms with Gasteiger partial charge in [-0.2, -0.15) is 0 Å². The lowest BCUT2D eigenvalue weighted by molar-refractivity contribution is -0.111.